The molecule has 2 heterocycles. The number of allylic oxidation sites excluding steroid dienone is 5. The third kappa shape index (κ3) is 2.68. The zero-order chi connectivity index (χ0) is 22.8. The SMILES string of the molecule is COC1=C(/C=C2/N(C)c3ccccc3C2(C)C)C(=O)/C1=C\C1=Nc2ccccc2C1(C)C. The zero-order valence-electron chi connectivity index (χ0n) is 19.5. The van der Waals surface area contributed by atoms with Gasteiger partial charge in [0.15, 0.2) is 0 Å². The number of ether oxygens (including phenoxy) is 1. The number of fused-ring (bicyclic) bond motifs is 2. The molecule has 0 fully saturated rings. The number of rotatable bonds is 3. The summed E-state index contributed by atoms with van der Waals surface area (Å²) in [4.78, 5) is 20.2. The van der Waals surface area contributed by atoms with Gasteiger partial charge in [-0.05, 0) is 35.4 Å². The highest BCUT2D eigenvalue weighted by molar-refractivity contribution is 6.25. The van der Waals surface area contributed by atoms with Gasteiger partial charge in [0.2, 0.25) is 5.78 Å². The fraction of sp³-hybridized carbons (Fsp3) is 0.286. The van der Waals surface area contributed by atoms with Gasteiger partial charge in [-0.25, -0.2) is 0 Å². The molecule has 1 aliphatic carbocycles. The number of methoxy groups -OCH3 is 1. The normalized spacial score (nSPS) is 22.8. The second-order valence-corrected chi connectivity index (χ2v) is 9.70. The lowest BCUT2D eigenvalue weighted by molar-refractivity contribution is -0.113. The van der Waals surface area contributed by atoms with Gasteiger partial charge >= 0.3 is 0 Å². The van der Waals surface area contributed by atoms with E-state index in [1.165, 1.54) is 16.8 Å². The Morgan fingerprint density at radius 1 is 0.906 bits per heavy atom. The summed E-state index contributed by atoms with van der Waals surface area (Å²) < 4.78 is 5.70. The predicted octanol–water partition coefficient (Wildman–Crippen LogP) is 5.77. The summed E-state index contributed by atoms with van der Waals surface area (Å²) in [5.41, 5.74) is 7.30. The molecule has 3 aliphatic rings. The molecule has 0 spiro atoms. The van der Waals surface area contributed by atoms with Crippen molar-refractivity contribution in [3.63, 3.8) is 0 Å². The molecule has 0 bridgehead atoms. The maximum absolute atomic E-state index is 13.3. The Bertz CT molecular complexity index is 1290. The molecular formula is C28H28N2O2. The molecule has 0 saturated carbocycles. The summed E-state index contributed by atoms with van der Waals surface area (Å²) >= 11 is 0. The van der Waals surface area contributed by atoms with Crippen molar-refractivity contribution in [2.75, 3.05) is 19.1 Å². The summed E-state index contributed by atoms with van der Waals surface area (Å²) in [5, 5.41) is 0. The topological polar surface area (TPSA) is 41.9 Å². The Balaban J connectivity index is 1.55. The van der Waals surface area contributed by atoms with Crippen LogP contribution in [0.4, 0.5) is 11.4 Å². The van der Waals surface area contributed by atoms with E-state index >= 15 is 0 Å². The first-order valence-corrected chi connectivity index (χ1v) is 11.0. The van der Waals surface area contributed by atoms with E-state index < -0.39 is 0 Å². The number of Topliss-reactive ketones (excluding diaryl/α,β-unsaturated/α-hetero) is 1. The van der Waals surface area contributed by atoms with E-state index in [1.807, 2.05) is 36.4 Å². The van der Waals surface area contributed by atoms with Crippen LogP contribution < -0.4 is 4.90 Å². The van der Waals surface area contributed by atoms with E-state index in [-0.39, 0.29) is 16.6 Å². The van der Waals surface area contributed by atoms with Crippen molar-refractivity contribution in [1.29, 1.82) is 0 Å². The number of carbonyl (C=O) groups is 1. The molecule has 0 radical (unpaired) electrons. The van der Waals surface area contributed by atoms with Gasteiger partial charge in [0.25, 0.3) is 0 Å². The molecule has 0 aromatic heterocycles. The minimum atomic E-state index is -0.258. The molecule has 4 heteroatoms. The van der Waals surface area contributed by atoms with E-state index in [0.717, 1.165) is 17.1 Å². The zero-order valence-corrected chi connectivity index (χ0v) is 19.5. The molecule has 0 amide bonds. The van der Waals surface area contributed by atoms with E-state index in [1.54, 1.807) is 7.11 Å². The third-order valence-electron chi connectivity index (χ3n) is 7.14. The molecule has 5 rings (SSSR count). The number of anilines is 1. The predicted molar refractivity (Wildman–Crippen MR) is 130 cm³/mol. The Hall–Kier alpha value is -3.40. The Morgan fingerprint density at radius 2 is 1.56 bits per heavy atom. The molecule has 2 aromatic carbocycles. The quantitative estimate of drug-likeness (QED) is 0.587. The van der Waals surface area contributed by atoms with Crippen LogP contribution >= 0.6 is 0 Å². The van der Waals surface area contributed by atoms with Crippen molar-refractivity contribution in [1.82, 2.24) is 0 Å². The molecule has 2 aliphatic heterocycles. The van der Waals surface area contributed by atoms with E-state index in [2.05, 4.69) is 63.9 Å². The number of carbonyl (C=O) groups excluding carboxylic acids is 1. The van der Waals surface area contributed by atoms with Crippen LogP contribution in [0.2, 0.25) is 0 Å². The molecule has 0 unspecified atom stereocenters. The summed E-state index contributed by atoms with van der Waals surface area (Å²) in [7, 11) is 3.68. The summed E-state index contributed by atoms with van der Waals surface area (Å²) in [6.45, 7) is 8.68. The maximum atomic E-state index is 13.3. The Kier molecular flexibility index (Phi) is 4.35. The van der Waals surface area contributed by atoms with Gasteiger partial charge in [-0.1, -0.05) is 64.1 Å². The molecule has 4 nitrogen and oxygen atoms in total. The number of ketones is 1. The van der Waals surface area contributed by atoms with Crippen molar-refractivity contribution < 1.29 is 9.53 Å². The van der Waals surface area contributed by atoms with Crippen molar-refractivity contribution in [2.45, 2.75) is 38.5 Å². The van der Waals surface area contributed by atoms with Crippen molar-refractivity contribution in [3.05, 3.63) is 94.4 Å². The van der Waals surface area contributed by atoms with Crippen LogP contribution in [0.3, 0.4) is 0 Å². The van der Waals surface area contributed by atoms with Gasteiger partial charge in [0.05, 0.1) is 29.7 Å². The van der Waals surface area contributed by atoms with Crippen molar-refractivity contribution in [3.8, 4) is 0 Å². The average molecular weight is 425 g/mol. The second-order valence-electron chi connectivity index (χ2n) is 9.70. The standard InChI is InChI=1S/C28H28N2O2/c1-27(2)19-11-7-9-13-21(19)29-23(27)15-17-25(31)18(26(17)32-6)16-24-28(3,4)20-12-8-10-14-22(20)30(24)5/h7-16H,1-6H3/b17-15+,24-16+. The highest BCUT2D eigenvalue weighted by Gasteiger charge is 2.42. The van der Waals surface area contributed by atoms with E-state index in [0.29, 0.717) is 16.9 Å². The van der Waals surface area contributed by atoms with Crippen LogP contribution in [0.5, 0.6) is 0 Å². The first-order chi connectivity index (χ1) is 15.2. The van der Waals surface area contributed by atoms with Crippen molar-refractivity contribution >= 4 is 22.9 Å². The molecule has 0 saturated heterocycles. The number of likely N-dealkylation sites (N-methyl/N-ethyl adjacent to an activating group) is 1. The maximum Gasteiger partial charge on any atom is 0.200 e. The minimum Gasteiger partial charge on any atom is -0.495 e. The second kappa shape index (κ2) is 6.80. The Morgan fingerprint density at radius 3 is 2.22 bits per heavy atom. The summed E-state index contributed by atoms with van der Waals surface area (Å²) in [6, 6.07) is 16.5. The lowest BCUT2D eigenvalue weighted by Gasteiger charge is -2.29. The minimum absolute atomic E-state index is 0.00367. The number of hydrogen-bond donors (Lipinski definition) is 0. The first kappa shape index (κ1) is 20.5. The van der Waals surface area contributed by atoms with Gasteiger partial charge in [0.1, 0.15) is 5.76 Å². The van der Waals surface area contributed by atoms with Crippen LogP contribution in [0.15, 0.2) is 88.3 Å². The molecular weight excluding hydrogens is 396 g/mol. The number of benzene rings is 2. The van der Waals surface area contributed by atoms with Crippen LogP contribution in [0.25, 0.3) is 0 Å². The van der Waals surface area contributed by atoms with E-state index in [9.17, 15) is 4.79 Å². The smallest absolute Gasteiger partial charge is 0.200 e. The van der Waals surface area contributed by atoms with Crippen LogP contribution in [-0.4, -0.2) is 25.7 Å². The summed E-state index contributed by atoms with van der Waals surface area (Å²) in [5.74, 6) is 0.640. The van der Waals surface area contributed by atoms with Gasteiger partial charge < -0.3 is 9.64 Å². The summed E-state index contributed by atoms with van der Waals surface area (Å²) in [6.07, 6.45) is 3.90. The lowest BCUT2D eigenvalue weighted by atomic mass is 9.77. The molecule has 162 valence electrons. The van der Waals surface area contributed by atoms with Crippen LogP contribution in [0.1, 0.15) is 38.8 Å². The molecule has 32 heavy (non-hydrogen) atoms. The Labute approximate surface area is 189 Å². The largest absolute Gasteiger partial charge is 0.495 e. The highest BCUT2D eigenvalue weighted by atomic mass is 16.5. The van der Waals surface area contributed by atoms with Gasteiger partial charge in [-0.2, -0.15) is 0 Å². The van der Waals surface area contributed by atoms with Crippen LogP contribution in [-0.2, 0) is 20.4 Å². The van der Waals surface area contributed by atoms with Crippen LogP contribution in [0, 0.1) is 0 Å². The number of aliphatic imine (C=N–C) groups is 1. The van der Waals surface area contributed by atoms with Gasteiger partial charge in [-0.15, -0.1) is 0 Å². The highest BCUT2D eigenvalue weighted by Crippen LogP contribution is 2.48. The van der Waals surface area contributed by atoms with Gasteiger partial charge in [0, 0.05) is 29.3 Å². The molecule has 0 atom stereocenters. The monoisotopic (exact) mass is 424 g/mol. The number of nitrogens with zero attached hydrogens (tertiary/aromatic N) is 2. The van der Waals surface area contributed by atoms with Crippen molar-refractivity contribution in [2.24, 2.45) is 4.99 Å². The number of para-hydroxylation sites is 2. The van der Waals surface area contributed by atoms with E-state index in [4.69, 9.17) is 9.73 Å². The van der Waals surface area contributed by atoms with Gasteiger partial charge in [-0.3, -0.25) is 9.79 Å². The third-order valence-corrected chi connectivity index (χ3v) is 7.14. The molecule has 0 N–H and O–H groups in total. The lowest BCUT2D eigenvalue weighted by Crippen LogP contribution is -2.30. The number of hydrogen-bond acceptors (Lipinski definition) is 4. The average Bonchev–Trinajstić information content (AvgIpc) is 3.14. The fourth-order valence-corrected chi connectivity index (χ4v) is 5.17. The first-order valence-electron chi connectivity index (χ1n) is 11.0. The molecule has 2 aromatic rings. The fourth-order valence-electron chi connectivity index (χ4n) is 5.17.